The molecule has 1 N–H and O–H groups in total. The van der Waals surface area contributed by atoms with Gasteiger partial charge in [-0.05, 0) is 36.8 Å². The predicted octanol–water partition coefficient (Wildman–Crippen LogP) is 3.63. The van der Waals surface area contributed by atoms with Gasteiger partial charge in [-0.3, -0.25) is 4.79 Å². The van der Waals surface area contributed by atoms with Gasteiger partial charge in [0.1, 0.15) is 0 Å². The van der Waals surface area contributed by atoms with Crippen molar-refractivity contribution in [2.75, 3.05) is 26.8 Å². The zero-order chi connectivity index (χ0) is 16.3. The number of nitrogens with zero attached hydrogens (tertiary/aromatic N) is 1. The molecule has 1 amide bonds. The van der Waals surface area contributed by atoms with E-state index in [0.29, 0.717) is 34.4 Å². The average Bonchev–Trinajstić information content (AvgIpc) is 2.54. The first kappa shape index (κ1) is 17.4. The molecule has 1 aromatic rings. The minimum atomic E-state index is -0.0888. The molecule has 0 radical (unpaired) electrons. The van der Waals surface area contributed by atoms with E-state index in [0.717, 1.165) is 19.3 Å². The van der Waals surface area contributed by atoms with Gasteiger partial charge >= 0.3 is 0 Å². The smallest absolute Gasteiger partial charge is 0.253 e. The van der Waals surface area contributed by atoms with Crippen LogP contribution in [0.15, 0.2) is 12.1 Å². The Hall–Kier alpha value is -0.970. The molecule has 0 aromatic heterocycles. The molecule has 2 rings (SSSR count). The van der Waals surface area contributed by atoms with Crippen LogP contribution >= 0.6 is 23.2 Å². The minimum Gasteiger partial charge on any atom is -0.494 e. The number of methoxy groups -OCH3 is 1. The van der Waals surface area contributed by atoms with E-state index in [1.807, 2.05) is 0 Å². The van der Waals surface area contributed by atoms with Gasteiger partial charge in [-0.25, -0.2) is 0 Å². The van der Waals surface area contributed by atoms with E-state index in [1.165, 1.54) is 7.11 Å². The minimum absolute atomic E-state index is 0.0496. The van der Waals surface area contributed by atoms with Crippen molar-refractivity contribution < 1.29 is 14.6 Å². The van der Waals surface area contributed by atoms with Crippen LogP contribution in [0.3, 0.4) is 0 Å². The monoisotopic (exact) mass is 345 g/mol. The Morgan fingerprint density at radius 1 is 1.32 bits per heavy atom. The Balaban J connectivity index is 2.14. The summed E-state index contributed by atoms with van der Waals surface area (Å²) in [6.07, 6.45) is 2.54. The van der Waals surface area contributed by atoms with E-state index in [4.69, 9.17) is 27.9 Å². The maximum atomic E-state index is 12.6. The third-order valence-corrected chi connectivity index (χ3v) is 5.21. The van der Waals surface area contributed by atoms with E-state index < -0.39 is 0 Å². The number of piperidine rings is 1. The predicted molar refractivity (Wildman–Crippen MR) is 88.0 cm³/mol. The van der Waals surface area contributed by atoms with Gasteiger partial charge in [0.05, 0.1) is 17.2 Å². The normalized spacial score (nSPS) is 17.4. The molecule has 0 unspecified atom stereocenters. The molecule has 0 spiro atoms. The summed E-state index contributed by atoms with van der Waals surface area (Å²) in [5.74, 6) is 0.290. The van der Waals surface area contributed by atoms with Gasteiger partial charge in [-0.2, -0.15) is 0 Å². The molecule has 0 aliphatic carbocycles. The Labute approximate surface area is 141 Å². The third-order valence-electron chi connectivity index (χ3n) is 4.65. The summed E-state index contributed by atoms with van der Waals surface area (Å²) < 4.78 is 5.10. The molecular weight excluding hydrogens is 325 g/mol. The van der Waals surface area contributed by atoms with Gasteiger partial charge in [0, 0.05) is 25.3 Å². The second-order valence-corrected chi connectivity index (χ2v) is 6.59. The second-order valence-electron chi connectivity index (χ2n) is 5.78. The quantitative estimate of drug-likeness (QED) is 0.906. The molecule has 1 aliphatic heterocycles. The van der Waals surface area contributed by atoms with Gasteiger partial charge in [0.15, 0.2) is 5.75 Å². The number of hydrogen-bond acceptors (Lipinski definition) is 3. The largest absolute Gasteiger partial charge is 0.494 e. The molecule has 1 aliphatic rings. The first-order valence-electron chi connectivity index (χ1n) is 7.39. The van der Waals surface area contributed by atoms with Crippen molar-refractivity contribution in [1.82, 2.24) is 4.90 Å². The number of likely N-dealkylation sites (tertiary alicyclic amines) is 1. The van der Waals surface area contributed by atoms with Crippen LogP contribution in [0.4, 0.5) is 0 Å². The van der Waals surface area contributed by atoms with E-state index in [9.17, 15) is 9.90 Å². The van der Waals surface area contributed by atoms with Crippen molar-refractivity contribution in [3.05, 3.63) is 27.7 Å². The van der Waals surface area contributed by atoms with Gasteiger partial charge < -0.3 is 14.7 Å². The number of benzene rings is 1. The van der Waals surface area contributed by atoms with E-state index >= 15 is 0 Å². The Bertz CT molecular complexity index is 525. The van der Waals surface area contributed by atoms with Crippen LogP contribution in [0.1, 0.15) is 36.5 Å². The van der Waals surface area contributed by atoms with Crippen molar-refractivity contribution >= 4 is 29.1 Å². The Morgan fingerprint density at radius 2 is 1.86 bits per heavy atom. The highest BCUT2D eigenvalue weighted by molar-refractivity contribution is 6.37. The number of hydrogen-bond donors (Lipinski definition) is 1. The van der Waals surface area contributed by atoms with E-state index in [2.05, 4.69) is 6.92 Å². The lowest BCUT2D eigenvalue weighted by molar-refractivity contribution is 0.0338. The Morgan fingerprint density at radius 3 is 2.27 bits per heavy atom. The topological polar surface area (TPSA) is 49.8 Å². The summed E-state index contributed by atoms with van der Waals surface area (Å²) in [5.41, 5.74) is 0.412. The number of halogens is 2. The van der Waals surface area contributed by atoms with Gasteiger partial charge in [0.25, 0.3) is 5.91 Å². The van der Waals surface area contributed by atoms with E-state index in [1.54, 1.807) is 17.0 Å². The molecule has 0 bridgehead atoms. The summed E-state index contributed by atoms with van der Waals surface area (Å²) in [6, 6.07) is 3.17. The standard InChI is InChI=1S/C16H21Cl2NO3/c1-3-16(10-20)4-6-19(7-5-16)15(21)11-8-12(17)14(22-2)13(18)9-11/h8-9,20H,3-7,10H2,1-2H3. The summed E-state index contributed by atoms with van der Waals surface area (Å²) in [6.45, 7) is 3.52. The third kappa shape index (κ3) is 3.34. The molecular formula is C16H21Cl2NO3. The molecule has 1 heterocycles. The maximum absolute atomic E-state index is 12.6. The van der Waals surface area contributed by atoms with Crippen LogP contribution in [0.25, 0.3) is 0 Å². The molecule has 1 saturated heterocycles. The van der Waals surface area contributed by atoms with Gasteiger partial charge in [-0.15, -0.1) is 0 Å². The fourth-order valence-corrected chi connectivity index (χ4v) is 3.51. The second kappa shape index (κ2) is 7.07. The molecule has 22 heavy (non-hydrogen) atoms. The lowest BCUT2D eigenvalue weighted by Crippen LogP contribution is -2.44. The Kier molecular flexibility index (Phi) is 5.59. The highest BCUT2D eigenvalue weighted by Crippen LogP contribution is 2.36. The SMILES string of the molecule is CCC1(CO)CCN(C(=O)c2cc(Cl)c(OC)c(Cl)c2)CC1. The van der Waals surface area contributed by atoms with Gasteiger partial charge in [0.2, 0.25) is 0 Å². The van der Waals surface area contributed by atoms with Crippen LogP contribution in [0.2, 0.25) is 10.0 Å². The van der Waals surface area contributed by atoms with Crippen molar-refractivity contribution in [3.63, 3.8) is 0 Å². The first-order chi connectivity index (χ1) is 10.5. The summed E-state index contributed by atoms with van der Waals surface area (Å²) in [7, 11) is 1.48. The van der Waals surface area contributed by atoms with Crippen LogP contribution in [-0.4, -0.2) is 42.7 Å². The lowest BCUT2D eigenvalue weighted by Gasteiger charge is -2.40. The number of ether oxygens (including phenoxy) is 1. The fourth-order valence-electron chi connectivity index (χ4n) is 2.87. The molecule has 6 heteroatoms. The number of rotatable bonds is 4. The van der Waals surface area contributed by atoms with E-state index in [-0.39, 0.29) is 17.9 Å². The molecule has 0 atom stereocenters. The van der Waals surface area contributed by atoms with Crippen molar-refractivity contribution in [2.45, 2.75) is 26.2 Å². The highest BCUT2D eigenvalue weighted by atomic mass is 35.5. The molecule has 1 aromatic carbocycles. The van der Waals surface area contributed by atoms with Gasteiger partial charge in [-0.1, -0.05) is 30.1 Å². The fraction of sp³-hybridized carbons (Fsp3) is 0.562. The van der Waals surface area contributed by atoms with Crippen molar-refractivity contribution in [1.29, 1.82) is 0 Å². The maximum Gasteiger partial charge on any atom is 0.253 e. The highest BCUT2D eigenvalue weighted by Gasteiger charge is 2.34. The molecule has 0 saturated carbocycles. The molecule has 4 nitrogen and oxygen atoms in total. The number of aliphatic hydroxyl groups is 1. The van der Waals surface area contributed by atoms with Crippen LogP contribution in [0.5, 0.6) is 5.75 Å². The van der Waals surface area contributed by atoms with Crippen molar-refractivity contribution in [3.8, 4) is 5.75 Å². The number of aliphatic hydroxyl groups excluding tert-OH is 1. The number of amides is 1. The average molecular weight is 346 g/mol. The number of carbonyl (C=O) groups is 1. The summed E-state index contributed by atoms with van der Waals surface area (Å²) in [4.78, 5) is 14.4. The van der Waals surface area contributed by atoms with Crippen molar-refractivity contribution in [2.24, 2.45) is 5.41 Å². The summed E-state index contributed by atoms with van der Waals surface area (Å²) >= 11 is 12.2. The zero-order valence-corrected chi connectivity index (χ0v) is 14.4. The van der Waals surface area contributed by atoms with Crippen LogP contribution in [-0.2, 0) is 0 Å². The molecule has 1 fully saturated rings. The zero-order valence-electron chi connectivity index (χ0n) is 12.9. The van der Waals surface area contributed by atoms with Crippen LogP contribution in [0, 0.1) is 5.41 Å². The first-order valence-corrected chi connectivity index (χ1v) is 8.15. The lowest BCUT2D eigenvalue weighted by atomic mass is 9.77. The summed E-state index contributed by atoms with van der Waals surface area (Å²) in [5, 5.41) is 10.2. The van der Waals surface area contributed by atoms with Crippen LogP contribution < -0.4 is 4.74 Å². The molecule has 122 valence electrons. The number of carbonyl (C=O) groups excluding carboxylic acids is 1.